The number of rotatable bonds is 2. The molecule has 2 aromatic rings. The monoisotopic (exact) mass is 285 g/mol. The van der Waals surface area contributed by atoms with Crippen LogP contribution in [0.5, 0.6) is 17.2 Å². The van der Waals surface area contributed by atoms with Crippen LogP contribution in [0, 0.1) is 6.92 Å². The molecule has 1 amide bonds. The van der Waals surface area contributed by atoms with Gasteiger partial charge >= 0.3 is 0 Å². The number of ether oxygens (including phenoxy) is 2. The first kappa shape index (κ1) is 13.3. The largest absolute Gasteiger partial charge is 0.508 e. The first-order valence-corrected chi connectivity index (χ1v) is 6.65. The average molecular weight is 285 g/mol. The van der Waals surface area contributed by atoms with Crippen LogP contribution in [0.15, 0.2) is 36.4 Å². The predicted octanol–water partition coefficient (Wildman–Crippen LogP) is 2.72. The summed E-state index contributed by atoms with van der Waals surface area (Å²) < 4.78 is 11.0. The number of benzene rings is 2. The summed E-state index contributed by atoms with van der Waals surface area (Å²) in [6.07, 6.45) is 0. The number of nitrogens with one attached hydrogen (secondary N) is 1. The molecule has 108 valence electrons. The van der Waals surface area contributed by atoms with Crippen LogP contribution in [0.2, 0.25) is 0 Å². The maximum absolute atomic E-state index is 12.4. The molecule has 1 aliphatic rings. The van der Waals surface area contributed by atoms with Crippen molar-refractivity contribution in [3.8, 4) is 17.2 Å². The summed E-state index contributed by atoms with van der Waals surface area (Å²) in [6, 6.07) is 10.2. The van der Waals surface area contributed by atoms with Gasteiger partial charge in [0.25, 0.3) is 5.91 Å². The minimum atomic E-state index is -0.305. The maximum atomic E-state index is 12.4. The highest BCUT2D eigenvalue weighted by atomic mass is 16.6. The minimum absolute atomic E-state index is 0.141. The summed E-state index contributed by atoms with van der Waals surface area (Å²) in [5.74, 6) is 0.862. The number of fused-ring (bicyclic) bond motifs is 1. The molecule has 5 heteroatoms. The third-order valence-electron chi connectivity index (χ3n) is 3.28. The maximum Gasteiger partial charge on any atom is 0.259 e. The lowest BCUT2D eigenvalue weighted by atomic mass is 10.1. The number of carbonyl (C=O) groups is 1. The molecule has 3 rings (SSSR count). The van der Waals surface area contributed by atoms with E-state index in [9.17, 15) is 9.90 Å². The fraction of sp³-hybridized carbons (Fsp3) is 0.188. The second kappa shape index (κ2) is 5.36. The van der Waals surface area contributed by atoms with Crippen molar-refractivity contribution < 1.29 is 19.4 Å². The molecule has 0 aromatic heterocycles. The Kier molecular flexibility index (Phi) is 3.39. The molecule has 0 unspecified atom stereocenters. The number of para-hydroxylation sites is 1. The Morgan fingerprint density at radius 3 is 2.81 bits per heavy atom. The van der Waals surface area contributed by atoms with Crippen LogP contribution in [0.1, 0.15) is 15.9 Å². The number of amides is 1. The fourth-order valence-corrected chi connectivity index (χ4v) is 2.14. The van der Waals surface area contributed by atoms with Crippen LogP contribution < -0.4 is 14.8 Å². The van der Waals surface area contributed by atoms with Gasteiger partial charge in [0.1, 0.15) is 19.0 Å². The van der Waals surface area contributed by atoms with Crippen molar-refractivity contribution >= 4 is 11.6 Å². The molecule has 1 heterocycles. The predicted molar refractivity (Wildman–Crippen MR) is 78.2 cm³/mol. The van der Waals surface area contributed by atoms with E-state index >= 15 is 0 Å². The van der Waals surface area contributed by atoms with E-state index in [0.717, 1.165) is 5.56 Å². The smallest absolute Gasteiger partial charge is 0.259 e. The van der Waals surface area contributed by atoms with Gasteiger partial charge in [-0.1, -0.05) is 12.1 Å². The molecule has 2 aromatic carbocycles. The van der Waals surface area contributed by atoms with Gasteiger partial charge in [0.2, 0.25) is 0 Å². The Hall–Kier alpha value is -2.69. The molecule has 0 saturated heterocycles. The summed E-state index contributed by atoms with van der Waals surface area (Å²) in [6.45, 7) is 2.69. The van der Waals surface area contributed by atoms with Crippen LogP contribution in [0.25, 0.3) is 0 Å². The van der Waals surface area contributed by atoms with Gasteiger partial charge in [-0.25, -0.2) is 0 Å². The Morgan fingerprint density at radius 1 is 1.19 bits per heavy atom. The number of hydrogen-bond donors (Lipinski definition) is 2. The zero-order chi connectivity index (χ0) is 14.8. The van der Waals surface area contributed by atoms with Crippen molar-refractivity contribution in [2.45, 2.75) is 6.92 Å². The van der Waals surface area contributed by atoms with Gasteiger partial charge in [-0.05, 0) is 30.7 Å². The molecule has 0 fully saturated rings. The second-order valence-electron chi connectivity index (χ2n) is 4.79. The fourth-order valence-electron chi connectivity index (χ4n) is 2.14. The first-order chi connectivity index (χ1) is 10.1. The summed E-state index contributed by atoms with van der Waals surface area (Å²) >= 11 is 0. The highest BCUT2D eigenvalue weighted by Gasteiger charge is 2.20. The average Bonchev–Trinajstić information content (AvgIpc) is 2.50. The molecule has 1 aliphatic heterocycles. The summed E-state index contributed by atoms with van der Waals surface area (Å²) in [7, 11) is 0. The molecule has 0 bridgehead atoms. The molecule has 0 spiro atoms. The lowest BCUT2D eigenvalue weighted by Crippen LogP contribution is -2.20. The van der Waals surface area contributed by atoms with E-state index in [1.54, 1.807) is 37.3 Å². The van der Waals surface area contributed by atoms with E-state index in [1.165, 1.54) is 6.07 Å². The quantitative estimate of drug-likeness (QED) is 0.890. The van der Waals surface area contributed by atoms with Gasteiger partial charge in [0, 0.05) is 11.8 Å². The van der Waals surface area contributed by atoms with E-state index in [1.807, 2.05) is 0 Å². The molecule has 0 atom stereocenters. The third kappa shape index (κ3) is 2.63. The van der Waals surface area contributed by atoms with Gasteiger partial charge in [-0.2, -0.15) is 0 Å². The highest BCUT2D eigenvalue weighted by molar-refractivity contribution is 6.06. The number of hydrogen-bond acceptors (Lipinski definition) is 4. The Labute approximate surface area is 122 Å². The van der Waals surface area contributed by atoms with E-state index < -0.39 is 0 Å². The van der Waals surface area contributed by atoms with Crippen molar-refractivity contribution in [1.29, 1.82) is 0 Å². The van der Waals surface area contributed by atoms with E-state index in [0.29, 0.717) is 36.0 Å². The molecule has 0 saturated carbocycles. The SMILES string of the molecule is Cc1ccc(NC(=O)c2cccc3c2OCCO3)cc1O. The van der Waals surface area contributed by atoms with Crippen molar-refractivity contribution in [1.82, 2.24) is 0 Å². The Morgan fingerprint density at radius 2 is 2.00 bits per heavy atom. The molecule has 21 heavy (non-hydrogen) atoms. The van der Waals surface area contributed by atoms with Crippen LogP contribution >= 0.6 is 0 Å². The summed E-state index contributed by atoms with van der Waals surface area (Å²) in [4.78, 5) is 12.4. The standard InChI is InChI=1S/C16H15NO4/c1-10-5-6-11(9-13(10)18)17-16(19)12-3-2-4-14-15(12)21-8-7-20-14/h2-6,9,18H,7-8H2,1H3,(H,17,19). The zero-order valence-electron chi connectivity index (χ0n) is 11.6. The number of phenols is 1. The first-order valence-electron chi connectivity index (χ1n) is 6.65. The Bertz CT molecular complexity index is 697. The van der Waals surface area contributed by atoms with Crippen LogP contribution in [0.4, 0.5) is 5.69 Å². The van der Waals surface area contributed by atoms with Gasteiger partial charge < -0.3 is 19.9 Å². The number of carbonyl (C=O) groups excluding carboxylic acids is 1. The summed E-state index contributed by atoms with van der Waals surface area (Å²) in [5.41, 5.74) is 1.69. The van der Waals surface area contributed by atoms with Gasteiger partial charge in [-0.3, -0.25) is 4.79 Å². The van der Waals surface area contributed by atoms with Crippen LogP contribution in [-0.2, 0) is 0 Å². The third-order valence-corrected chi connectivity index (χ3v) is 3.28. The lowest BCUT2D eigenvalue weighted by molar-refractivity contribution is 0.101. The van der Waals surface area contributed by atoms with Crippen molar-refractivity contribution in [3.63, 3.8) is 0 Å². The molecule has 2 N–H and O–H groups in total. The molecule has 0 radical (unpaired) electrons. The van der Waals surface area contributed by atoms with Gasteiger partial charge in [0.05, 0.1) is 5.56 Å². The summed E-state index contributed by atoms with van der Waals surface area (Å²) in [5, 5.41) is 12.4. The Balaban J connectivity index is 1.87. The lowest BCUT2D eigenvalue weighted by Gasteiger charge is -2.20. The second-order valence-corrected chi connectivity index (χ2v) is 4.79. The number of phenolic OH excluding ortho intramolecular Hbond substituents is 1. The van der Waals surface area contributed by atoms with E-state index in [-0.39, 0.29) is 11.7 Å². The van der Waals surface area contributed by atoms with Crippen molar-refractivity contribution in [2.75, 3.05) is 18.5 Å². The molecular formula is C16H15NO4. The van der Waals surface area contributed by atoms with Crippen LogP contribution in [-0.4, -0.2) is 24.2 Å². The molecular weight excluding hydrogens is 270 g/mol. The number of anilines is 1. The van der Waals surface area contributed by atoms with Gasteiger partial charge in [-0.15, -0.1) is 0 Å². The molecule has 0 aliphatic carbocycles. The number of aryl methyl sites for hydroxylation is 1. The van der Waals surface area contributed by atoms with Gasteiger partial charge in [0.15, 0.2) is 11.5 Å². The van der Waals surface area contributed by atoms with Crippen molar-refractivity contribution in [3.05, 3.63) is 47.5 Å². The van der Waals surface area contributed by atoms with E-state index in [4.69, 9.17) is 9.47 Å². The van der Waals surface area contributed by atoms with Crippen LogP contribution in [0.3, 0.4) is 0 Å². The van der Waals surface area contributed by atoms with E-state index in [2.05, 4.69) is 5.32 Å². The normalized spacial score (nSPS) is 12.8. The van der Waals surface area contributed by atoms with Crippen molar-refractivity contribution in [2.24, 2.45) is 0 Å². The zero-order valence-corrected chi connectivity index (χ0v) is 11.6. The topological polar surface area (TPSA) is 67.8 Å². The number of aromatic hydroxyl groups is 1. The minimum Gasteiger partial charge on any atom is -0.508 e. The highest BCUT2D eigenvalue weighted by Crippen LogP contribution is 2.34. The molecule has 5 nitrogen and oxygen atoms in total.